The molecule has 1 aromatic carbocycles. The van der Waals surface area contributed by atoms with E-state index in [1.165, 1.54) is 16.5 Å². The van der Waals surface area contributed by atoms with Gasteiger partial charge in [0.25, 0.3) is 5.91 Å². The van der Waals surface area contributed by atoms with Crippen molar-refractivity contribution in [2.75, 3.05) is 13.1 Å². The Morgan fingerprint density at radius 2 is 1.94 bits per heavy atom. The lowest BCUT2D eigenvalue weighted by molar-refractivity contribution is -0.136. The molecule has 4 heterocycles. The Balaban J connectivity index is 1.34. The van der Waals surface area contributed by atoms with Crippen molar-refractivity contribution >= 4 is 29.1 Å². The highest BCUT2D eigenvalue weighted by atomic mass is 32.1. The van der Waals surface area contributed by atoms with Crippen LogP contribution in [0.15, 0.2) is 29.0 Å². The van der Waals surface area contributed by atoms with Crippen molar-refractivity contribution in [2.24, 2.45) is 0 Å². The molecule has 1 aromatic heterocycles. The summed E-state index contributed by atoms with van der Waals surface area (Å²) >= 11 is 1.70. The van der Waals surface area contributed by atoms with Crippen LogP contribution in [0.3, 0.4) is 0 Å². The summed E-state index contributed by atoms with van der Waals surface area (Å²) in [6.45, 7) is 3.08. The highest BCUT2D eigenvalue weighted by Gasteiger charge is 2.41. The number of fused-ring (bicyclic) bond motifs is 1. The second-order valence-corrected chi connectivity index (χ2v) is 9.38. The number of hydrogen-bond acceptors (Lipinski definition) is 5. The fraction of sp³-hybridized carbons (Fsp3) is 0.435. The molecule has 3 aliphatic rings. The van der Waals surface area contributed by atoms with Gasteiger partial charge in [-0.2, -0.15) is 11.3 Å². The predicted molar refractivity (Wildman–Crippen MR) is 114 cm³/mol. The minimum atomic E-state index is -0.680. The van der Waals surface area contributed by atoms with E-state index >= 15 is 0 Å². The first kappa shape index (κ1) is 20.3. The molecule has 1 atom stereocenters. The second kappa shape index (κ2) is 8.16. The zero-order valence-corrected chi connectivity index (χ0v) is 17.9. The molecule has 5 rings (SSSR count). The van der Waals surface area contributed by atoms with E-state index in [1.54, 1.807) is 17.4 Å². The van der Waals surface area contributed by atoms with E-state index in [-0.39, 0.29) is 24.2 Å². The summed E-state index contributed by atoms with van der Waals surface area (Å²) in [6, 6.07) is 4.32. The predicted octanol–water partition coefficient (Wildman–Crippen LogP) is 3.03. The topological polar surface area (TPSA) is 69.7 Å². The average Bonchev–Trinajstić information content (AvgIpc) is 3.37. The number of nitrogens with zero attached hydrogens (tertiary/aromatic N) is 2. The minimum Gasteiger partial charge on any atom is -0.322 e. The number of likely N-dealkylation sites (tertiary alicyclic amines) is 1. The van der Waals surface area contributed by atoms with Crippen LogP contribution >= 0.6 is 11.3 Å². The van der Waals surface area contributed by atoms with E-state index in [0.29, 0.717) is 18.5 Å². The lowest BCUT2D eigenvalue weighted by Crippen LogP contribution is -2.52. The first-order chi connectivity index (χ1) is 15.0. The molecule has 0 bridgehead atoms. The van der Waals surface area contributed by atoms with Crippen LogP contribution in [-0.4, -0.2) is 46.7 Å². The van der Waals surface area contributed by atoms with E-state index in [2.05, 4.69) is 27.0 Å². The molecule has 0 saturated carbocycles. The molecular weight excluding hydrogens is 417 g/mol. The SMILES string of the molecule is O=C1CCC(N2Cc3c(cc(F)cc3C3CCN(Cc4ccsc4)CC3)C2=O)C(=O)N1. The molecule has 0 aliphatic carbocycles. The summed E-state index contributed by atoms with van der Waals surface area (Å²) in [4.78, 5) is 40.7. The highest BCUT2D eigenvalue weighted by Crippen LogP contribution is 2.38. The number of hydrogen-bond donors (Lipinski definition) is 1. The number of halogens is 1. The molecule has 1 N–H and O–H groups in total. The van der Waals surface area contributed by atoms with Crippen LogP contribution < -0.4 is 5.32 Å². The molecule has 162 valence electrons. The molecule has 0 spiro atoms. The van der Waals surface area contributed by atoms with E-state index in [1.807, 2.05) is 0 Å². The normalized spacial score (nSPS) is 22.7. The number of imide groups is 1. The van der Waals surface area contributed by atoms with Crippen LogP contribution in [0.4, 0.5) is 4.39 Å². The smallest absolute Gasteiger partial charge is 0.255 e. The Morgan fingerprint density at radius 3 is 2.65 bits per heavy atom. The maximum absolute atomic E-state index is 14.5. The number of amides is 3. The summed E-state index contributed by atoms with van der Waals surface area (Å²) in [5, 5.41) is 6.57. The molecular formula is C23H24FN3O3S. The zero-order valence-electron chi connectivity index (χ0n) is 17.1. The summed E-state index contributed by atoms with van der Waals surface area (Å²) < 4.78 is 14.5. The highest BCUT2D eigenvalue weighted by molar-refractivity contribution is 7.07. The number of rotatable bonds is 4. The third kappa shape index (κ3) is 3.90. The molecule has 3 amide bonds. The summed E-state index contributed by atoms with van der Waals surface area (Å²) in [5.74, 6) is -1.29. The van der Waals surface area contributed by atoms with Crippen LogP contribution in [0.5, 0.6) is 0 Å². The standard InChI is InChI=1S/C23H24FN3O3S/c24-16-9-17(15-3-6-26(7-4-15)11-14-5-8-31-13-14)19-12-27(23(30)18(19)10-16)20-1-2-21(28)25-22(20)29/h5,8-10,13,15,20H,1-4,6-7,11-12H2,(H,25,28,29). The number of carbonyl (C=O) groups is 3. The van der Waals surface area contributed by atoms with Crippen molar-refractivity contribution in [3.05, 3.63) is 57.0 Å². The zero-order chi connectivity index (χ0) is 21.5. The average molecular weight is 442 g/mol. The molecule has 2 saturated heterocycles. The molecule has 8 heteroatoms. The quantitative estimate of drug-likeness (QED) is 0.741. The van der Waals surface area contributed by atoms with E-state index in [9.17, 15) is 18.8 Å². The van der Waals surface area contributed by atoms with Gasteiger partial charge in [0.1, 0.15) is 11.9 Å². The maximum atomic E-state index is 14.5. The van der Waals surface area contributed by atoms with Crippen molar-refractivity contribution in [1.82, 2.24) is 15.1 Å². The third-order valence-corrected chi connectivity index (χ3v) is 7.40. The molecule has 2 aromatic rings. The fourth-order valence-corrected chi connectivity index (χ4v) is 5.72. The number of benzene rings is 1. The Hall–Kier alpha value is -2.58. The van der Waals surface area contributed by atoms with Gasteiger partial charge in [-0.15, -0.1) is 0 Å². The number of piperidine rings is 2. The Kier molecular flexibility index (Phi) is 5.35. The van der Waals surface area contributed by atoms with Gasteiger partial charge in [0, 0.05) is 25.1 Å². The van der Waals surface area contributed by atoms with Crippen LogP contribution in [0.25, 0.3) is 0 Å². The summed E-state index contributed by atoms with van der Waals surface area (Å²) in [7, 11) is 0. The van der Waals surface area contributed by atoms with Gasteiger partial charge < -0.3 is 4.90 Å². The maximum Gasteiger partial charge on any atom is 0.255 e. The minimum absolute atomic E-state index is 0.192. The Morgan fingerprint density at radius 1 is 1.13 bits per heavy atom. The lowest BCUT2D eigenvalue weighted by Gasteiger charge is -2.33. The van der Waals surface area contributed by atoms with Crippen molar-refractivity contribution in [2.45, 2.75) is 50.7 Å². The fourth-order valence-electron chi connectivity index (χ4n) is 5.06. The lowest BCUT2D eigenvalue weighted by atomic mass is 9.85. The molecule has 31 heavy (non-hydrogen) atoms. The van der Waals surface area contributed by atoms with Crippen LogP contribution in [0, 0.1) is 5.82 Å². The van der Waals surface area contributed by atoms with Crippen LogP contribution in [0.1, 0.15) is 58.6 Å². The van der Waals surface area contributed by atoms with Gasteiger partial charge in [-0.05, 0) is 83.9 Å². The molecule has 1 unspecified atom stereocenters. The summed E-state index contributed by atoms with van der Waals surface area (Å²) in [6.07, 6.45) is 2.34. The van der Waals surface area contributed by atoms with Crippen molar-refractivity contribution in [1.29, 1.82) is 0 Å². The van der Waals surface area contributed by atoms with E-state index in [4.69, 9.17) is 0 Å². The summed E-state index contributed by atoms with van der Waals surface area (Å²) in [5.41, 5.74) is 3.42. The molecule has 0 radical (unpaired) electrons. The third-order valence-electron chi connectivity index (χ3n) is 6.67. The van der Waals surface area contributed by atoms with Gasteiger partial charge in [0.05, 0.1) is 0 Å². The Bertz CT molecular complexity index is 1030. The van der Waals surface area contributed by atoms with Gasteiger partial charge in [-0.25, -0.2) is 4.39 Å². The molecule has 2 fully saturated rings. The number of carbonyl (C=O) groups excluding carboxylic acids is 3. The van der Waals surface area contributed by atoms with Gasteiger partial charge >= 0.3 is 0 Å². The first-order valence-electron chi connectivity index (χ1n) is 10.7. The first-order valence-corrected chi connectivity index (χ1v) is 11.6. The van der Waals surface area contributed by atoms with Gasteiger partial charge in [0.2, 0.25) is 11.8 Å². The van der Waals surface area contributed by atoms with Crippen LogP contribution in [0.2, 0.25) is 0 Å². The van der Waals surface area contributed by atoms with E-state index < -0.39 is 17.8 Å². The van der Waals surface area contributed by atoms with Crippen molar-refractivity contribution < 1.29 is 18.8 Å². The second-order valence-electron chi connectivity index (χ2n) is 8.60. The number of nitrogens with one attached hydrogen (secondary N) is 1. The van der Waals surface area contributed by atoms with Crippen LogP contribution in [-0.2, 0) is 22.7 Å². The Labute approximate surface area is 184 Å². The van der Waals surface area contributed by atoms with Gasteiger partial charge in [-0.1, -0.05) is 0 Å². The van der Waals surface area contributed by atoms with Crippen molar-refractivity contribution in [3.63, 3.8) is 0 Å². The number of thiophene rings is 1. The molecule has 3 aliphatic heterocycles. The van der Waals surface area contributed by atoms with Gasteiger partial charge in [0.15, 0.2) is 0 Å². The van der Waals surface area contributed by atoms with Gasteiger partial charge in [-0.3, -0.25) is 24.6 Å². The monoisotopic (exact) mass is 441 g/mol. The van der Waals surface area contributed by atoms with Crippen molar-refractivity contribution in [3.8, 4) is 0 Å². The van der Waals surface area contributed by atoms with E-state index in [0.717, 1.165) is 43.6 Å². The molecule has 6 nitrogen and oxygen atoms in total. The largest absolute Gasteiger partial charge is 0.322 e.